The smallest absolute Gasteiger partial charge is 0.246 e. The fourth-order valence-corrected chi connectivity index (χ4v) is 5.85. The van der Waals surface area contributed by atoms with E-state index in [-0.39, 0.29) is 23.3 Å². The van der Waals surface area contributed by atoms with E-state index in [1.54, 1.807) is 0 Å². The second kappa shape index (κ2) is 5.79. The zero-order valence-electron chi connectivity index (χ0n) is 13.2. The van der Waals surface area contributed by atoms with Gasteiger partial charge in [0.05, 0.1) is 0 Å². The molecule has 0 aliphatic carbocycles. The molecule has 0 bridgehead atoms. The molecule has 1 aromatic carbocycles. The van der Waals surface area contributed by atoms with Gasteiger partial charge in [-0.1, -0.05) is 0 Å². The third-order valence-electron chi connectivity index (χ3n) is 5.27. The first-order valence-electron chi connectivity index (χ1n) is 8.31. The number of sulfonamides is 1. The number of piperidine rings is 1. The maximum atomic E-state index is 14.5. The van der Waals surface area contributed by atoms with Crippen LogP contribution >= 0.6 is 0 Å². The second-order valence-corrected chi connectivity index (χ2v) is 8.59. The van der Waals surface area contributed by atoms with E-state index in [1.807, 2.05) is 0 Å². The lowest BCUT2D eigenvalue weighted by atomic mass is 9.94. The third kappa shape index (κ3) is 2.53. The van der Waals surface area contributed by atoms with Crippen LogP contribution in [0.4, 0.5) is 10.1 Å². The number of carbonyl (C=O) groups is 1. The molecule has 2 fully saturated rings. The van der Waals surface area contributed by atoms with Crippen molar-refractivity contribution in [3.8, 4) is 0 Å². The van der Waals surface area contributed by atoms with Crippen LogP contribution in [0, 0.1) is 11.7 Å². The van der Waals surface area contributed by atoms with Gasteiger partial charge in [-0.2, -0.15) is 4.31 Å². The van der Waals surface area contributed by atoms with Crippen LogP contribution in [-0.2, 0) is 21.2 Å². The summed E-state index contributed by atoms with van der Waals surface area (Å²) < 4.78 is 42.1. The van der Waals surface area contributed by atoms with Crippen LogP contribution in [0.15, 0.2) is 17.0 Å². The first-order valence-corrected chi connectivity index (χ1v) is 9.75. The van der Waals surface area contributed by atoms with Crippen LogP contribution in [0.5, 0.6) is 0 Å². The number of benzene rings is 1. The Morgan fingerprint density at radius 2 is 2.04 bits per heavy atom. The minimum absolute atomic E-state index is 0.0983. The lowest BCUT2D eigenvalue weighted by molar-refractivity contribution is -0.116. The predicted molar refractivity (Wildman–Crippen MR) is 86.6 cm³/mol. The summed E-state index contributed by atoms with van der Waals surface area (Å²) in [6, 6.07) is 2.43. The summed E-state index contributed by atoms with van der Waals surface area (Å²) in [5.74, 6) is -0.675. The number of aryl methyl sites for hydroxylation is 1. The standard InChI is InChI=1S/C16H20FN3O3S/c17-12-7-13-10(3-4-16(21)19-13)6-15(12)24(22,23)20-5-1-2-11-8-18-9-14(11)20/h6-7,11,14,18H,1-5,8-9H2,(H,19,21)/t11-,14+/m0/s1. The number of halogens is 1. The number of fused-ring (bicyclic) bond motifs is 2. The van der Waals surface area contributed by atoms with Gasteiger partial charge in [0.15, 0.2) is 0 Å². The monoisotopic (exact) mass is 353 g/mol. The highest BCUT2D eigenvalue weighted by molar-refractivity contribution is 7.89. The highest BCUT2D eigenvalue weighted by atomic mass is 32.2. The Kier molecular flexibility index (Phi) is 3.85. The molecule has 8 heteroatoms. The molecule has 3 aliphatic rings. The number of rotatable bonds is 2. The van der Waals surface area contributed by atoms with Crippen LogP contribution in [0.3, 0.4) is 0 Å². The van der Waals surface area contributed by atoms with Crippen LogP contribution in [0.2, 0.25) is 0 Å². The SMILES string of the molecule is O=C1CCc2cc(S(=O)(=O)N3CCC[C@H]4CNC[C@H]43)c(F)cc2N1. The number of anilines is 1. The Bertz CT molecular complexity index is 796. The number of amides is 1. The molecule has 2 atom stereocenters. The fourth-order valence-electron chi connectivity index (χ4n) is 4.03. The van der Waals surface area contributed by atoms with Crippen molar-refractivity contribution in [3.63, 3.8) is 0 Å². The summed E-state index contributed by atoms with van der Waals surface area (Å²) in [7, 11) is -3.89. The van der Waals surface area contributed by atoms with Gasteiger partial charge in [0.25, 0.3) is 0 Å². The van der Waals surface area contributed by atoms with E-state index in [0.29, 0.717) is 36.7 Å². The maximum absolute atomic E-state index is 14.5. The number of nitrogens with one attached hydrogen (secondary N) is 2. The van der Waals surface area contributed by atoms with Crippen molar-refractivity contribution in [1.82, 2.24) is 9.62 Å². The van der Waals surface area contributed by atoms with E-state index in [9.17, 15) is 17.6 Å². The van der Waals surface area contributed by atoms with E-state index in [4.69, 9.17) is 0 Å². The lowest BCUT2D eigenvalue weighted by Gasteiger charge is -2.36. The zero-order valence-corrected chi connectivity index (χ0v) is 14.0. The first kappa shape index (κ1) is 16.0. The summed E-state index contributed by atoms with van der Waals surface area (Å²) >= 11 is 0. The molecule has 1 amide bonds. The summed E-state index contributed by atoms with van der Waals surface area (Å²) in [5.41, 5.74) is 1.05. The summed E-state index contributed by atoms with van der Waals surface area (Å²) in [4.78, 5) is 11.2. The molecule has 2 saturated heterocycles. The van der Waals surface area contributed by atoms with Crippen LogP contribution in [0.1, 0.15) is 24.8 Å². The number of hydrogen-bond acceptors (Lipinski definition) is 4. The van der Waals surface area contributed by atoms with E-state index in [2.05, 4.69) is 10.6 Å². The van der Waals surface area contributed by atoms with E-state index in [0.717, 1.165) is 25.5 Å². The Morgan fingerprint density at radius 1 is 1.21 bits per heavy atom. The Hall–Kier alpha value is -1.51. The van der Waals surface area contributed by atoms with E-state index < -0.39 is 15.8 Å². The molecule has 0 saturated carbocycles. The molecule has 24 heavy (non-hydrogen) atoms. The predicted octanol–water partition coefficient (Wildman–Crippen LogP) is 1.08. The molecule has 3 heterocycles. The maximum Gasteiger partial charge on any atom is 0.246 e. The van der Waals surface area contributed by atoms with Gasteiger partial charge in [-0.3, -0.25) is 4.79 Å². The number of carbonyl (C=O) groups excluding carboxylic acids is 1. The van der Waals surface area contributed by atoms with Gasteiger partial charge in [-0.05, 0) is 49.4 Å². The normalized spacial score (nSPS) is 27.5. The molecule has 0 radical (unpaired) electrons. The molecule has 130 valence electrons. The Balaban J connectivity index is 1.73. The average Bonchev–Trinajstić information content (AvgIpc) is 3.02. The molecule has 6 nitrogen and oxygen atoms in total. The quantitative estimate of drug-likeness (QED) is 0.834. The topological polar surface area (TPSA) is 78.5 Å². The molecule has 4 rings (SSSR count). The summed E-state index contributed by atoms with van der Waals surface area (Å²) in [6.07, 6.45) is 2.51. The van der Waals surface area contributed by atoms with Gasteiger partial charge in [0, 0.05) is 31.2 Å². The van der Waals surface area contributed by atoms with Gasteiger partial charge in [0.1, 0.15) is 10.7 Å². The Labute approximate surface area is 140 Å². The molecule has 1 aromatic rings. The third-order valence-corrected chi connectivity index (χ3v) is 7.21. The van der Waals surface area contributed by atoms with Crippen molar-refractivity contribution >= 4 is 21.6 Å². The van der Waals surface area contributed by atoms with Crippen molar-refractivity contribution < 1.29 is 17.6 Å². The second-order valence-electron chi connectivity index (χ2n) is 6.73. The zero-order chi connectivity index (χ0) is 16.9. The van der Waals surface area contributed by atoms with Gasteiger partial charge in [-0.25, -0.2) is 12.8 Å². The highest BCUT2D eigenvalue weighted by Gasteiger charge is 2.42. The highest BCUT2D eigenvalue weighted by Crippen LogP contribution is 2.34. The minimum Gasteiger partial charge on any atom is -0.326 e. The van der Waals surface area contributed by atoms with Gasteiger partial charge < -0.3 is 10.6 Å². The van der Waals surface area contributed by atoms with Crippen LogP contribution < -0.4 is 10.6 Å². The minimum atomic E-state index is -3.89. The fraction of sp³-hybridized carbons (Fsp3) is 0.562. The molecular weight excluding hydrogens is 333 g/mol. The lowest BCUT2D eigenvalue weighted by Crippen LogP contribution is -2.48. The van der Waals surface area contributed by atoms with Crippen molar-refractivity contribution in [2.75, 3.05) is 25.0 Å². The largest absolute Gasteiger partial charge is 0.326 e. The molecule has 0 aromatic heterocycles. The van der Waals surface area contributed by atoms with Crippen LogP contribution in [0.25, 0.3) is 0 Å². The van der Waals surface area contributed by atoms with E-state index >= 15 is 0 Å². The molecule has 0 unspecified atom stereocenters. The average molecular weight is 353 g/mol. The van der Waals surface area contributed by atoms with Gasteiger partial charge >= 0.3 is 0 Å². The van der Waals surface area contributed by atoms with Crippen LogP contribution in [-0.4, -0.2) is 44.3 Å². The van der Waals surface area contributed by atoms with Crippen molar-refractivity contribution in [1.29, 1.82) is 0 Å². The summed E-state index contributed by atoms with van der Waals surface area (Å²) in [5, 5.41) is 5.84. The van der Waals surface area contributed by atoms with Gasteiger partial charge in [-0.15, -0.1) is 0 Å². The van der Waals surface area contributed by atoms with Gasteiger partial charge in [0.2, 0.25) is 15.9 Å². The number of hydrogen-bond donors (Lipinski definition) is 2. The van der Waals surface area contributed by atoms with E-state index in [1.165, 1.54) is 10.4 Å². The first-order chi connectivity index (χ1) is 11.5. The summed E-state index contributed by atoms with van der Waals surface area (Å²) in [6.45, 7) is 1.86. The molecule has 3 aliphatic heterocycles. The van der Waals surface area contributed by atoms with Crippen molar-refractivity contribution in [2.24, 2.45) is 5.92 Å². The Morgan fingerprint density at radius 3 is 2.88 bits per heavy atom. The molecule has 0 spiro atoms. The molecular formula is C16H20FN3O3S. The van der Waals surface area contributed by atoms with Crippen molar-refractivity contribution in [3.05, 3.63) is 23.5 Å². The van der Waals surface area contributed by atoms with Crippen molar-refractivity contribution in [2.45, 2.75) is 36.6 Å². The molecule has 2 N–H and O–H groups in total. The number of nitrogens with zero attached hydrogens (tertiary/aromatic N) is 1.